The van der Waals surface area contributed by atoms with Gasteiger partial charge in [-0.25, -0.2) is 0 Å². The summed E-state index contributed by atoms with van der Waals surface area (Å²) in [5.41, 5.74) is 0. The Morgan fingerprint density at radius 2 is 2.00 bits per heavy atom. The van der Waals surface area contributed by atoms with Crippen molar-refractivity contribution in [3.63, 3.8) is 0 Å². The second-order valence-electron chi connectivity index (χ2n) is 2.29. The van der Waals surface area contributed by atoms with Crippen LogP contribution in [0.2, 0.25) is 0 Å². The highest BCUT2D eigenvalue weighted by Crippen LogP contribution is 2.27. The molecule has 0 amide bonds. The standard InChI is InChI=1S/C6H14O2S2/c1-2-3-4-5-6(7,8)10-9/h7-9H,2-5H2,1H3. The van der Waals surface area contributed by atoms with Gasteiger partial charge in [0.15, 0.2) is 0 Å². The van der Waals surface area contributed by atoms with Gasteiger partial charge in [-0.05, 0) is 17.2 Å². The highest BCUT2D eigenvalue weighted by molar-refractivity contribution is 8.69. The SMILES string of the molecule is CCCCCC(O)(O)SS. The molecule has 0 atom stereocenters. The molecule has 0 fully saturated rings. The van der Waals surface area contributed by atoms with Crippen molar-refractivity contribution in [2.45, 2.75) is 37.7 Å². The molecule has 10 heavy (non-hydrogen) atoms. The maximum atomic E-state index is 8.99. The molecule has 0 aliphatic rings. The van der Waals surface area contributed by atoms with Gasteiger partial charge in [0.1, 0.15) is 0 Å². The normalized spacial score (nSPS) is 12.0. The predicted molar refractivity (Wildman–Crippen MR) is 47.9 cm³/mol. The molecule has 0 rings (SSSR count). The molecular formula is C6H14O2S2. The fourth-order valence-electron chi connectivity index (χ4n) is 0.651. The van der Waals surface area contributed by atoms with Crippen LogP contribution in [-0.4, -0.2) is 15.3 Å². The lowest BCUT2D eigenvalue weighted by Crippen LogP contribution is -2.20. The summed E-state index contributed by atoms with van der Waals surface area (Å²) in [6.45, 7) is 2.07. The Bertz CT molecular complexity index is 85.8. The molecule has 0 heterocycles. The van der Waals surface area contributed by atoms with Crippen molar-refractivity contribution in [3.8, 4) is 0 Å². The van der Waals surface area contributed by atoms with Crippen LogP contribution in [0.5, 0.6) is 0 Å². The zero-order valence-corrected chi connectivity index (χ0v) is 7.79. The lowest BCUT2D eigenvalue weighted by Gasteiger charge is -2.16. The van der Waals surface area contributed by atoms with Gasteiger partial charge in [-0.3, -0.25) is 0 Å². The van der Waals surface area contributed by atoms with Crippen LogP contribution >= 0.6 is 22.5 Å². The molecule has 0 saturated heterocycles. The summed E-state index contributed by atoms with van der Waals surface area (Å²) in [6.07, 6.45) is 3.37. The topological polar surface area (TPSA) is 40.5 Å². The Labute approximate surface area is 70.8 Å². The van der Waals surface area contributed by atoms with Crippen molar-refractivity contribution in [1.82, 2.24) is 0 Å². The molecule has 62 valence electrons. The molecule has 0 spiro atoms. The highest BCUT2D eigenvalue weighted by atomic mass is 33.1. The van der Waals surface area contributed by atoms with E-state index in [1.54, 1.807) is 0 Å². The van der Waals surface area contributed by atoms with E-state index in [9.17, 15) is 0 Å². The second kappa shape index (κ2) is 5.29. The van der Waals surface area contributed by atoms with Gasteiger partial charge in [-0.2, -0.15) is 0 Å². The summed E-state index contributed by atoms with van der Waals surface area (Å²) in [5.74, 6) is 0. The van der Waals surface area contributed by atoms with Crippen LogP contribution in [0.15, 0.2) is 0 Å². The van der Waals surface area contributed by atoms with E-state index in [2.05, 4.69) is 18.6 Å². The van der Waals surface area contributed by atoms with Crippen molar-refractivity contribution >= 4 is 22.5 Å². The van der Waals surface area contributed by atoms with E-state index in [0.29, 0.717) is 6.42 Å². The van der Waals surface area contributed by atoms with Crippen LogP contribution in [0.1, 0.15) is 32.6 Å². The lowest BCUT2D eigenvalue weighted by atomic mass is 10.2. The van der Waals surface area contributed by atoms with Gasteiger partial charge in [-0.1, -0.05) is 19.8 Å². The first kappa shape index (κ1) is 10.6. The van der Waals surface area contributed by atoms with Crippen molar-refractivity contribution < 1.29 is 10.2 Å². The Morgan fingerprint density at radius 1 is 1.40 bits per heavy atom. The Kier molecular flexibility index (Phi) is 5.62. The Morgan fingerprint density at radius 3 is 2.40 bits per heavy atom. The Hall–Kier alpha value is 0.620. The zero-order chi connectivity index (χ0) is 8.04. The molecule has 0 saturated carbocycles. The van der Waals surface area contributed by atoms with Crippen molar-refractivity contribution in [2.24, 2.45) is 0 Å². The molecule has 2 nitrogen and oxygen atoms in total. The van der Waals surface area contributed by atoms with Crippen molar-refractivity contribution in [1.29, 1.82) is 0 Å². The molecule has 4 heteroatoms. The molecule has 0 unspecified atom stereocenters. The zero-order valence-electron chi connectivity index (χ0n) is 6.08. The van der Waals surface area contributed by atoms with Crippen molar-refractivity contribution in [3.05, 3.63) is 0 Å². The van der Waals surface area contributed by atoms with E-state index in [-0.39, 0.29) is 0 Å². The van der Waals surface area contributed by atoms with E-state index in [0.717, 1.165) is 30.1 Å². The maximum absolute atomic E-state index is 8.99. The van der Waals surface area contributed by atoms with Crippen LogP contribution in [0.25, 0.3) is 0 Å². The Balaban J connectivity index is 3.28. The van der Waals surface area contributed by atoms with Crippen LogP contribution in [0.4, 0.5) is 0 Å². The lowest BCUT2D eigenvalue weighted by molar-refractivity contribution is -0.0810. The predicted octanol–water partition coefficient (Wildman–Crippen LogP) is 1.78. The van der Waals surface area contributed by atoms with E-state index < -0.39 is 5.12 Å². The summed E-state index contributed by atoms with van der Waals surface area (Å²) in [4.78, 5) is 0. The minimum atomic E-state index is -1.63. The van der Waals surface area contributed by atoms with Crippen molar-refractivity contribution in [2.75, 3.05) is 0 Å². The van der Waals surface area contributed by atoms with Crippen LogP contribution in [-0.2, 0) is 0 Å². The molecule has 0 bridgehead atoms. The number of hydrogen-bond donors (Lipinski definition) is 3. The molecule has 0 aromatic heterocycles. The van der Waals surface area contributed by atoms with Gasteiger partial charge in [-0.15, -0.1) is 11.7 Å². The third-order valence-corrected chi connectivity index (χ3v) is 2.63. The van der Waals surface area contributed by atoms with Gasteiger partial charge in [0.25, 0.3) is 0 Å². The largest absolute Gasteiger partial charge is 0.357 e. The average molecular weight is 182 g/mol. The molecule has 0 aromatic carbocycles. The third kappa shape index (κ3) is 5.41. The number of rotatable bonds is 5. The summed E-state index contributed by atoms with van der Waals surface area (Å²) in [7, 11) is 0.783. The van der Waals surface area contributed by atoms with E-state index in [4.69, 9.17) is 10.2 Å². The third-order valence-electron chi connectivity index (χ3n) is 1.25. The van der Waals surface area contributed by atoms with E-state index >= 15 is 0 Å². The second-order valence-corrected chi connectivity index (χ2v) is 3.68. The molecule has 0 radical (unpaired) electrons. The first-order chi connectivity index (χ1) is 4.62. The van der Waals surface area contributed by atoms with E-state index in [1.165, 1.54) is 0 Å². The summed E-state index contributed by atoms with van der Waals surface area (Å²) in [6, 6.07) is 0. The van der Waals surface area contributed by atoms with Crippen LogP contribution in [0.3, 0.4) is 0 Å². The monoisotopic (exact) mass is 182 g/mol. The molecule has 0 aromatic rings. The first-order valence-corrected chi connectivity index (χ1v) is 5.26. The van der Waals surface area contributed by atoms with Gasteiger partial charge < -0.3 is 10.2 Å². The van der Waals surface area contributed by atoms with E-state index in [1.807, 2.05) is 0 Å². The molecular weight excluding hydrogens is 168 g/mol. The minimum absolute atomic E-state index is 0.398. The first-order valence-electron chi connectivity index (χ1n) is 3.39. The number of aliphatic hydroxyl groups is 2. The highest BCUT2D eigenvalue weighted by Gasteiger charge is 2.20. The average Bonchev–Trinajstić information content (AvgIpc) is 1.89. The summed E-state index contributed by atoms with van der Waals surface area (Å²) < 4.78 is 0. The fraction of sp³-hybridized carbons (Fsp3) is 1.00. The minimum Gasteiger partial charge on any atom is -0.357 e. The molecule has 0 aliphatic heterocycles. The summed E-state index contributed by atoms with van der Waals surface area (Å²) in [5, 5.41) is 16.4. The maximum Gasteiger partial charge on any atom is 0.222 e. The number of thiol groups is 1. The van der Waals surface area contributed by atoms with Gasteiger partial charge in [0.05, 0.1) is 0 Å². The van der Waals surface area contributed by atoms with Gasteiger partial charge in [0.2, 0.25) is 5.12 Å². The number of hydrogen-bond acceptors (Lipinski definition) is 4. The fourth-order valence-corrected chi connectivity index (χ4v) is 1.16. The summed E-state index contributed by atoms with van der Waals surface area (Å²) >= 11 is 3.72. The van der Waals surface area contributed by atoms with Crippen LogP contribution < -0.4 is 0 Å². The quantitative estimate of drug-likeness (QED) is 0.263. The van der Waals surface area contributed by atoms with Gasteiger partial charge in [0, 0.05) is 6.42 Å². The number of unbranched alkanes of at least 4 members (excludes halogenated alkanes) is 2. The molecule has 0 aliphatic carbocycles. The molecule has 2 N–H and O–H groups in total. The van der Waals surface area contributed by atoms with Gasteiger partial charge >= 0.3 is 0 Å². The smallest absolute Gasteiger partial charge is 0.222 e. The van der Waals surface area contributed by atoms with Crippen LogP contribution in [0, 0.1) is 0 Å².